The highest BCUT2D eigenvalue weighted by Crippen LogP contribution is 2.13. The maximum atomic E-state index is 12.0. The number of nitrogens with zero attached hydrogens (tertiary/aromatic N) is 4. The van der Waals surface area contributed by atoms with E-state index in [-0.39, 0.29) is 12.5 Å². The van der Waals surface area contributed by atoms with Crippen molar-refractivity contribution in [1.29, 1.82) is 0 Å². The Hall–Kier alpha value is -2.16. The van der Waals surface area contributed by atoms with Gasteiger partial charge in [0.05, 0.1) is 13.2 Å². The molecule has 0 spiro atoms. The molecule has 172 valence electrons. The maximum absolute atomic E-state index is 12.0. The number of hydrogen-bond acceptors (Lipinski definition) is 5. The summed E-state index contributed by atoms with van der Waals surface area (Å²) in [7, 11) is 3.53. The largest absolute Gasteiger partial charge is 0.379 e. The van der Waals surface area contributed by atoms with Gasteiger partial charge in [0.15, 0.2) is 5.96 Å². The number of ether oxygens (including phenoxy) is 1. The number of benzene rings is 1. The van der Waals surface area contributed by atoms with E-state index in [0.717, 1.165) is 77.8 Å². The highest BCUT2D eigenvalue weighted by molar-refractivity contribution is 5.84. The van der Waals surface area contributed by atoms with Crippen LogP contribution in [0.15, 0.2) is 35.3 Å². The number of piperidine rings is 1. The van der Waals surface area contributed by atoms with Gasteiger partial charge in [-0.2, -0.15) is 0 Å². The average Bonchev–Trinajstić information content (AvgIpc) is 2.78. The number of aliphatic imine (C=N–C) groups is 1. The zero-order chi connectivity index (χ0) is 21.9. The maximum Gasteiger partial charge on any atom is 0.243 e. The number of carbonyl (C=O) groups is 1. The fourth-order valence-corrected chi connectivity index (χ4v) is 3.95. The molecule has 1 amide bonds. The normalized spacial score (nSPS) is 21.0. The zero-order valence-electron chi connectivity index (χ0n) is 19.1. The van der Waals surface area contributed by atoms with Crippen molar-refractivity contribution in [3.63, 3.8) is 0 Å². The van der Waals surface area contributed by atoms with Crippen LogP contribution in [0.4, 0.5) is 0 Å². The van der Waals surface area contributed by atoms with Crippen molar-refractivity contribution < 1.29 is 9.53 Å². The molecule has 8 nitrogen and oxygen atoms in total. The van der Waals surface area contributed by atoms with E-state index in [9.17, 15) is 4.79 Å². The first-order chi connectivity index (χ1) is 15.1. The van der Waals surface area contributed by atoms with Crippen molar-refractivity contribution in [3.8, 4) is 0 Å². The van der Waals surface area contributed by atoms with Crippen LogP contribution in [0.25, 0.3) is 0 Å². The van der Waals surface area contributed by atoms with Crippen LogP contribution in [-0.2, 0) is 16.1 Å². The molecule has 1 unspecified atom stereocenters. The molecule has 0 radical (unpaired) electrons. The molecule has 0 aliphatic carbocycles. The molecule has 2 N–H and O–H groups in total. The Morgan fingerprint density at radius 2 is 1.94 bits per heavy atom. The molecule has 2 saturated heterocycles. The molecular weight excluding hydrogens is 392 g/mol. The summed E-state index contributed by atoms with van der Waals surface area (Å²) >= 11 is 0. The summed E-state index contributed by atoms with van der Waals surface area (Å²) in [4.78, 5) is 23.1. The third kappa shape index (κ3) is 8.47. The molecule has 31 heavy (non-hydrogen) atoms. The fourth-order valence-electron chi connectivity index (χ4n) is 3.95. The third-order valence-corrected chi connectivity index (χ3v) is 5.79. The Morgan fingerprint density at radius 1 is 1.16 bits per heavy atom. The second kappa shape index (κ2) is 12.6. The van der Waals surface area contributed by atoms with Gasteiger partial charge >= 0.3 is 0 Å². The Kier molecular flexibility index (Phi) is 9.58. The van der Waals surface area contributed by atoms with Gasteiger partial charge in [0, 0.05) is 59.4 Å². The van der Waals surface area contributed by atoms with Gasteiger partial charge < -0.3 is 20.3 Å². The number of likely N-dealkylation sites (N-methyl/N-ethyl adjacent to an activating group) is 1. The van der Waals surface area contributed by atoms with Gasteiger partial charge in [-0.3, -0.25) is 14.6 Å². The summed E-state index contributed by atoms with van der Waals surface area (Å²) in [5, 5.41) is 7.03. The summed E-state index contributed by atoms with van der Waals surface area (Å²) in [6.45, 7) is 8.49. The smallest absolute Gasteiger partial charge is 0.243 e. The molecule has 0 aromatic heterocycles. The molecule has 1 aromatic carbocycles. The Balaban J connectivity index is 1.52. The highest BCUT2D eigenvalue weighted by Gasteiger charge is 2.21. The van der Waals surface area contributed by atoms with E-state index in [4.69, 9.17) is 4.74 Å². The molecule has 8 heteroatoms. The van der Waals surface area contributed by atoms with Gasteiger partial charge in [0.2, 0.25) is 5.91 Å². The SMILES string of the molecule is CN(C)C(=O)CN=C(NCCN1CCOCC1)NC1CCCN(Cc2ccccc2)C1. The average molecular weight is 431 g/mol. The zero-order valence-corrected chi connectivity index (χ0v) is 19.1. The lowest BCUT2D eigenvalue weighted by molar-refractivity contribution is -0.127. The predicted octanol–water partition coefficient (Wildman–Crippen LogP) is 0.607. The Morgan fingerprint density at radius 3 is 2.68 bits per heavy atom. The molecular formula is C23H38N6O2. The Bertz CT molecular complexity index is 691. The molecule has 3 rings (SSSR count). The van der Waals surface area contributed by atoms with Crippen molar-refractivity contribution in [2.75, 3.05) is 73.1 Å². The number of carbonyl (C=O) groups excluding carboxylic acids is 1. The van der Waals surface area contributed by atoms with Gasteiger partial charge in [-0.05, 0) is 24.9 Å². The van der Waals surface area contributed by atoms with E-state index in [1.54, 1.807) is 19.0 Å². The van der Waals surface area contributed by atoms with Gasteiger partial charge in [0.1, 0.15) is 6.54 Å². The van der Waals surface area contributed by atoms with Crippen LogP contribution in [0.3, 0.4) is 0 Å². The van der Waals surface area contributed by atoms with Crippen molar-refractivity contribution in [2.45, 2.75) is 25.4 Å². The van der Waals surface area contributed by atoms with E-state index >= 15 is 0 Å². The predicted molar refractivity (Wildman–Crippen MR) is 124 cm³/mol. The number of morpholine rings is 1. The molecule has 0 saturated carbocycles. The first-order valence-electron chi connectivity index (χ1n) is 11.4. The van der Waals surface area contributed by atoms with Crippen LogP contribution in [0, 0.1) is 0 Å². The van der Waals surface area contributed by atoms with Crippen LogP contribution >= 0.6 is 0 Å². The van der Waals surface area contributed by atoms with E-state index in [1.807, 2.05) is 0 Å². The molecule has 2 aliphatic rings. The number of guanidine groups is 1. The minimum Gasteiger partial charge on any atom is -0.379 e. The summed E-state index contributed by atoms with van der Waals surface area (Å²) < 4.78 is 5.42. The Labute approximate surface area is 186 Å². The van der Waals surface area contributed by atoms with Crippen LogP contribution in [0.2, 0.25) is 0 Å². The molecule has 1 aromatic rings. The van der Waals surface area contributed by atoms with Crippen molar-refractivity contribution in [1.82, 2.24) is 25.3 Å². The number of likely N-dealkylation sites (tertiary alicyclic amines) is 1. The van der Waals surface area contributed by atoms with Crippen molar-refractivity contribution in [3.05, 3.63) is 35.9 Å². The van der Waals surface area contributed by atoms with Crippen LogP contribution in [0.1, 0.15) is 18.4 Å². The van der Waals surface area contributed by atoms with E-state index in [1.165, 1.54) is 5.56 Å². The number of hydrogen-bond donors (Lipinski definition) is 2. The standard InChI is InChI=1S/C23H38N6O2/c1-27(2)22(30)17-25-23(24-10-12-28-13-15-31-16-14-28)26-21-9-6-11-29(19-21)18-20-7-4-3-5-8-20/h3-5,7-8,21H,6,9-19H2,1-2H3,(H2,24,25,26). The van der Waals surface area contributed by atoms with Crippen molar-refractivity contribution in [2.24, 2.45) is 4.99 Å². The van der Waals surface area contributed by atoms with Crippen molar-refractivity contribution >= 4 is 11.9 Å². The summed E-state index contributed by atoms with van der Waals surface area (Å²) in [5.74, 6) is 0.735. The summed E-state index contributed by atoms with van der Waals surface area (Å²) in [6, 6.07) is 10.9. The van der Waals surface area contributed by atoms with Gasteiger partial charge in [-0.1, -0.05) is 30.3 Å². The minimum atomic E-state index is 0.00336. The first kappa shape index (κ1) is 23.5. The van der Waals surface area contributed by atoms with Gasteiger partial charge in [0.25, 0.3) is 0 Å². The van der Waals surface area contributed by atoms with Gasteiger partial charge in [-0.25, -0.2) is 4.99 Å². The molecule has 2 fully saturated rings. The molecule has 2 aliphatic heterocycles. The number of amides is 1. The quantitative estimate of drug-likeness (QED) is 0.465. The van der Waals surface area contributed by atoms with E-state index < -0.39 is 0 Å². The van der Waals surface area contributed by atoms with E-state index in [0.29, 0.717) is 6.04 Å². The van der Waals surface area contributed by atoms with Crippen LogP contribution in [-0.4, -0.2) is 106 Å². The minimum absolute atomic E-state index is 0.00336. The highest BCUT2D eigenvalue weighted by atomic mass is 16.5. The van der Waals surface area contributed by atoms with Crippen LogP contribution < -0.4 is 10.6 Å². The lowest BCUT2D eigenvalue weighted by atomic mass is 10.0. The number of rotatable bonds is 8. The topological polar surface area (TPSA) is 72.4 Å². The van der Waals surface area contributed by atoms with Crippen LogP contribution in [0.5, 0.6) is 0 Å². The third-order valence-electron chi connectivity index (χ3n) is 5.79. The molecule has 1 atom stereocenters. The second-order valence-electron chi connectivity index (χ2n) is 8.54. The lowest BCUT2D eigenvalue weighted by Gasteiger charge is -2.34. The fraction of sp³-hybridized carbons (Fsp3) is 0.652. The monoisotopic (exact) mass is 430 g/mol. The number of nitrogens with one attached hydrogen (secondary N) is 2. The van der Waals surface area contributed by atoms with Gasteiger partial charge in [-0.15, -0.1) is 0 Å². The summed E-state index contributed by atoms with van der Waals surface area (Å²) in [6.07, 6.45) is 2.26. The second-order valence-corrected chi connectivity index (χ2v) is 8.54. The molecule has 2 heterocycles. The molecule has 0 bridgehead atoms. The lowest BCUT2D eigenvalue weighted by Crippen LogP contribution is -2.52. The first-order valence-corrected chi connectivity index (χ1v) is 11.4. The summed E-state index contributed by atoms with van der Waals surface area (Å²) in [5.41, 5.74) is 1.34. The van der Waals surface area contributed by atoms with E-state index in [2.05, 4.69) is 55.8 Å².